The van der Waals surface area contributed by atoms with Gasteiger partial charge in [-0.15, -0.1) is 0 Å². The van der Waals surface area contributed by atoms with E-state index in [1.165, 1.54) is 0 Å². The molecule has 1 fully saturated rings. The molecule has 1 N–H and O–H groups in total. The van der Waals surface area contributed by atoms with E-state index in [2.05, 4.69) is 18.7 Å². The third-order valence-electron chi connectivity index (χ3n) is 3.06. The molecule has 1 unspecified atom stereocenters. The van der Waals surface area contributed by atoms with Crippen molar-refractivity contribution in [1.29, 1.82) is 0 Å². The molecule has 4 nitrogen and oxygen atoms in total. The van der Waals surface area contributed by atoms with Crippen LogP contribution < -0.4 is 0 Å². The fourth-order valence-electron chi connectivity index (χ4n) is 1.86. The minimum atomic E-state index is -0.763. The van der Waals surface area contributed by atoms with Crippen molar-refractivity contribution in [2.45, 2.75) is 32.7 Å². The lowest BCUT2D eigenvalue weighted by Crippen LogP contribution is -2.51. The second-order valence-electron chi connectivity index (χ2n) is 3.73. The van der Waals surface area contributed by atoms with Crippen molar-refractivity contribution in [3.05, 3.63) is 0 Å². The van der Waals surface area contributed by atoms with E-state index in [-0.39, 0.29) is 6.04 Å². The quantitative estimate of drug-likeness (QED) is 0.731. The highest BCUT2D eigenvalue weighted by molar-refractivity contribution is 5.66. The maximum Gasteiger partial charge on any atom is 0.407 e. The first-order valence-electron chi connectivity index (χ1n) is 5.41. The molecule has 1 amide bonds. The fourth-order valence-corrected chi connectivity index (χ4v) is 1.86. The Labute approximate surface area is 85.5 Å². The van der Waals surface area contributed by atoms with Gasteiger partial charge in [-0.05, 0) is 25.9 Å². The van der Waals surface area contributed by atoms with Gasteiger partial charge in [0.05, 0.1) is 0 Å². The van der Waals surface area contributed by atoms with Gasteiger partial charge in [0.1, 0.15) is 0 Å². The zero-order chi connectivity index (χ0) is 10.6. The maximum atomic E-state index is 10.7. The first kappa shape index (κ1) is 11.3. The summed E-state index contributed by atoms with van der Waals surface area (Å²) < 4.78 is 0. The van der Waals surface area contributed by atoms with Crippen LogP contribution in [0.25, 0.3) is 0 Å². The molecule has 82 valence electrons. The van der Waals surface area contributed by atoms with Gasteiger partial charge in [-0.25, -0.2) is 4.79 Å². The van der Waals surface area contributed by atoms with Crippen molar-refractivity contribution in [2.24, 2.45) is 0 Å². The smallest absolute Gasteiger partial charge is 0.407 e. The molecule has 0 aromatic heterocycles. The average Bonchev–Trinajstić information content (AvgIpc) is 2.09. The number of hydrogen-bond acceptors (Lipinski definition) is 2. The predicted molar refractivity (Wildman–Crippen MR) is 55.5 cm³/mol. The fraction of sp³-hybridized carbons (Fsp3) is 0.900. The Morgan fingerprint density at radius 2 is 2.14 bits per heavy atom. The van der Waals surface area contributed by atoms with E-state index in [0.29, 0.717) is 0 Å². The van der Waals surface area contributed by atoms with E-state index in [1.54, 1.807) is 4.90 Å². The maximum absolute atomic E-state index is 10.7. The molecule has 1 rings (SSSR count). The number of carbonyl (C=O) groups is 1. The third-order valence-corrected chi connectivity index (χ3v) is 3.06. The number of nitrogens with zero attached hydrogens (tertiary/aromatic N) is 2. The summed E-state index contributed by atoms with van der Waals surface area (Å²) in [5.41, 5.74) is 0. The monoisotopic (exact) mass is 200 g/mol. The van der Waals surface area contributed by atoms with Crippen LogP contribution in [-0.2, 0) is 0 Å². The van der Waals surface area contributed by atoms with E-state index in [4.69, 9.17) is 5.11 Å². The first-order valence-corrected chi connectivity index (χ1v) is 5.41. The standard InChI is InChI=1S/C10H20N2O2/c1-3-11(4-2)7-5-9-6-8-12(9)10(13)14/h9H,3-8H2,1-2H3,(H,13,14). The lowest BCUT2D eigenvalue weighted by molar-refractivity contribution is 0.0662. The Kier molecular flexibility index (Phi) is 4.20. The van der Waals surface area contributed by atoms with Crippen molar-refractivity contribution in [2.75, 3.05) is 26.2 Å². The predicted octanol–water partition coefficient (Wildman–Crippen LogP) is 1.47. The van der Waals surface area contributed by atoms with Gasteiger partial charge < -0.3 is 14.9 Å². The molecule has 0 radical (unpaired) electrons. The highest BCUT2D eigenvalue weighted by Crippen LogP contribution is 2.20. The van der Waals surface area contributed by atoms with Crippen LogP contribution in [0.1, 0.15) is 26.7 Å². The van der Waals surface area contributed by atoms with Crippen LogP contribution >= 0.6 is 0 Å². The summed E-state index contributed by atoms with van der Waals surface area (Å²) in [6, 6.07) is 0.271. The molecule has 1 aliphatic rings. The normalized spacial score (nSPS) is 21.1. The molecule has 0 spiro atoms. The van der Waals surface area contributed by atoms with Crippen molar-refractivity contribution in [1.82, 2.24) is 9.80 Å². The van der Waals surface area contributed by atoms with Crippen LogP contribution in [0.3, 0.4) is 0 Å². The van der Waals surface area contributed by atoms with Crippen LogP contribution in [0, 0.1) is 0 Å². The molecule has 1 heterocycles. The highest BCUT2D eigenvalue weighted by atomic mass is 16.4. The van der Waals surface area contributed by atoms with Crippen molar-refractivity contribution in [3.63, 3.8) is 0 Å². The number of carboxylic acid groups (broad SMARTS) is 1. The minimum Gasteiger partial charge on any atom is -0.465 e. The second-order valence-corrected chi connectivity index (χ2v) is 3.73. The summed E-state index contributed by atoms with van der Waals surface area (Å²) in [5, 5.41) is 8.80. The van der Waals surface area contributed by atoms with Crippen molar-refractivity contribution >= 4 is 6.09 Å². The molecule has 1 atom stereocenters. The number of amides is 1. The number of hydrogen-bond donors (Lipinski definition) is 1. The SMILES string of the molecule is CCN(CC)CCC1CCN1C(=O)O. The first-order chi connectivity index (χ1) is 6.69. The number of rotatable bonds is 5. The Bertz CT molecular complexity index is 193. The third kappa shape index (κ3) is 2.61. The van der Waals surface area contributed by atoms with Gasteiger partial charge in [0.2, 0.25) is 0 Å². The Morgan fingerprint density at radius 1 is 1.50 bits per heavy atom. The Balaban J connectivity index is 2.21. The Morgan fingerprint density at radius 3 is 2.50 bits per heavy atom. The van der Waals surface area contributed by atoms with Crippen LogP contribution in [0.4, 0.5) is 4.79 Å². The molecular weight excluding hydrogens is 180 g/mol. The summed E-state index contributed by atoms with van der Waals surface area (Å²) >= 11 is 0. The summed E-state index contributed by atoms with van der Waals surface area (Å²) in [7, 11) is 0. The molecule has 0 bridgehead atoms. The van der Waals surface area contributed by atoms with Crippen LogP contribution in [-0.4, -0.2) is 53.2 Å². The van der Waals surface area contributed by atoms with E-state index < -0.39 is 6.09 Å². The summed E-state index contributed by atoms with van der Waals surface area (Å²) in [5.74, 6) is 0. The zero-order valence-electron chi connectivity index (χ0n) is 9.07. The van der Waals surface area contributed by atoms with Gasteiger partial charge >= 0.3 is 6.09 Å². The molecule has 0 saturated carbocycles. The molecule has 14 heavy (non-hydrogen) atoms. The largest absolute Gasteiger partial charge is 0.465 e. The molecule has 0 aromatic rings. The zero-order valence-corrected chi connectivity index (χ0v) is 9.07. The van der Waals surface area contributed by atoms with Gasteiger partial charge in [0, 0.05) is 19.1 Å². The van der Waals surface area contributed by atoms with Gasteiger partial charge in [0.25, 0.3) is 0 Å². The van der Waals surface area contributed by atoms with E-state index in [0.717, 1.165) is 39.0 Å². The van der Waals surface area contributed by atoms with Gasteiger partial charge in [-0.2, -0.15) is 0 Å². The van der Waals surface area contributed by atoms with Crippen LogP contribution in [0.2, 0.25) is 0 Å². The summed E-state index contributed by atoms with van der Waals surface area (Å²) in [6.07, 6.45) is 1.25. The summed E-state index contributed by atoms with van der Waals surface area (Å²) in [6.45, 7) is 8.12. The lowest BCUT2D eigenvalue weighted by Gasteiger charge is -2.39. The van der Waals surface area contributed by atoms with Crippen LogP contribution in [0.5, 0.6) is 0 Å². The Hall–Kier alpha value is -0.770. The topological polar surface area (TPSA) is 43.8 Å². The van der Waals surface area contributed by atoms with Gasteiger partial charge in [0.15, 0.2) is 0 Å². The highest BCUT2D eigenvalue weighted by Gasteiger charge is 2.31. The summed E-state index contributed by atoms with van der Waals surface area (Å²) in [4.78, 5) is 14.6. The van der Waals surface area contributed by atoms with Gasteiger partial charge in [-0.3, -0.25) is 0 Å². The average molecular weight is 200 g/mol. The lowest BCUT2D eigenvalue weighted by atomic mass is 10.0. The molecular formula is C10H20N2O2. The molecule has 1 aliphatic heterocycles. The van der Waals surface area contributed by atoms with E-state index in [9.17, 15) is 4.79 Å². The molecule has 0 aliphatic carbocycles. The van der Waals surface area contributed by atoms with E-state index in [1.807, 2.05) is 0 Å². The molecule has 1 saturated heterocycles. The molecule has 4 heteroatoms. The van der Waals surface area contributed by atoms with Crippen molar-refractivity contribution in [3.8, 4) is 0 Å². The second kappa shape index (κ2) is 5.20. The van der Waals surface area contributed by atoms with Crippen LogP contribution in [0.15, 0.2) is 0 Å². The van der Waals surface area contributed by atoms with Gasteiger partial charge in [-0.1, -0.05) is 13.8 Å². The van der Waals surface area contributed by atoms with Crippen molar-refractivity contribution < 1.29 is 9.90 Å². The van der Waals surface area contributed by atoms with E-state index >= 15 is 0 Å². The molecule has 0 aromatic carbocycles. The number of likely N-dealkylation sites (tertiary alicyclic amines) is 1. The minimum absolute atomic E-state index is 0.271.